The van der Waals surface area contributed by atoms with Gasteiger partial charge in [-0.15, -0.1) is 0 Å². The molecule has 4 N–H and O–H groups in total. The van der Waals surface area contributed by atoms with Gasteiger partial charge in [0.05, 0.1) is 11.7 Å². The van der Waals surface area contributed by atoms with E-state index in [-0.39, 0.29) is 5.60 Å². The van der Waals surface area contributed by atoms with E-state index in [4.69, 9.17) is 16.2 Å². The van der Waals surface area contributed by atoms with Crippen molar-refractivity contribution in [2.24, 2.45) is 11.5 Å². The molecule has 1 heterocycles. The van der Waals surface area contributed by atoms with Gasteiger partial charge in [-0.05, 0) is 45.7 Å². The maximum atomic E-state index is 5.60. The fourth-order valence-electron chi connectivity index (χ4n) is 1.77. The van der Waals surface area contributed by atoms with Crippen LogP contribution in [-0.2, 0) is 4.74 Å². The van der Waals surface area contributed by atoms with Crippen molar-refractivity contribution in [1.82, 2.24) is 0 Å². The molecule has 0 aromatic heterocycles. The fraction of sp³-hybridized carbons (Fsp3) is 1.00. The van der Waals surface area contributed by atoms with Crippen LogP contribution < -0.4 is 11.5 Å². The Labute approximate surface area is 74.4 Å². The highest BCUT2D eigenvalue weighted by Crippen LogP contribution is 2.43. The van der Waals surface area contributed by atoms with Gasteiger partial charge in [0.15, 0.2) is 0 Å². The van der Waals surface area contributed by atoms with Gasteiger partial charge in [-0.2, -0.15) is 0 Å². The lowest BCUT2D eigenvalue weighted by Crippen LogP contribution is -2.18. The Morgan fingerprint density at radius 1 is 1.17 bits per heavy atom. The molecule has 1 rings (SSSR count). The summed E-state index contributed by atoms with van der Waals surface area (Å²) in [5.74, 6) is 0. The minimum Gasteiger partial charge on any atom is -0.366 e. The Hall–Kier alpha value is -0.120. The van der Waals surface area contributed by atoms with Crippen LogP contribution in [0.25, 0.3) is 0 Å². The maximum absolute atomic E-state index is 5.60. The molecule has 3 heteroatoms. The fourth-order valence-corrected chi connectivity index (χ4v) is 1.77. The summed E-state index contributed by atoms with van der Waals surface area (Å²) in [5, 5.41) is 0. The van der Waals surface area contributed by atoms with Crippen molar-refractivity contribution < 1.29 is 4.74 Å². The standard InChI is InChI=1S/C9H20N2O/c1-8-9(12-8,4-2-6-10)5-3-7-11/h8H,2-7,10-11H2,1H3. The van der Waals surface area contributed by atoms with Crippen molar-refractivity contribution in [2.75, 3.05) is 13.1 Å². The van der Waals surface area contributed by atoms with Gasteiger partial charge in [-0.1, -0.05) is 0 Å². The molecule has 72 valence electrons. The van der Waals surface area contributed by atoms with E-state index in [9.17, 15) is 0 Å². The van der Waals surface area contributed by atoms with Crippen LogP contribution in [0.2, 0.25) is 0 Å². The molecule has 0 saturated carbocycles. The zero-order valence-electron chi connectivity index (χ0n) is 7.88. The first-order chi connectivity index (χ1) is 5.75. The van der Waals surface area contributed by atoms with Crippen LogP contribution in [0.5, 0.6) is 0 Å². The average molecular weight is 172 g/mol. The van der Waals surface area contributed by atoms with Gasteiger partial charge in [0, 0.05) is 0 Å². The van der Waals surface area contributed by atoms with Crippen LogP contribution in [0.3, 0.4) is 0 Å². The van der Waals surface area contributed by atoms with Crippen molar-refractivity contribution in [2.45, 2.75) is 44.3 Å². The van der Waals surface area contributed by atoms with Gasteiger partial charge < -0.3 is 16.2 Å². The Morgan fingerprint density at radius 2 is 1.58 bits per heavy atom. The highest BCUT2D eigenvalue weighted by molar-refractivity contribution is 4.99. The first kappa shape index (κ1) is 9.96. The number of ether oxygens (including phenoxy) is 1. The Balaban J connectivity index is 2.22. The van der Waals surface area contributed by atoms with E-state index in [0.29, 0.717) is 6.10 Å². The van der Waals surface area contributed by atoms with Crippen LogP contribution in [0, 0.1) is 0 Å². The summed E-state index contributed by atoms with van der Waals surface area (Å²) in [6.07, 6.45) is 4.76. The van der Waals surface area contributed by atoms with Crippen LogP contribution >= 0.6 is 0 Å². The quantitative estimate of drug-likeness (QED) is 0.577. The molecule has 1 saturated heterocycles. The summed E-state index contributed by atoms with van der Waals surface area (Å²) in [7, 11) is 0. The molecule has 1 unspecified atom stereocenters. The van der Waals surface area contributed by atoms with Crippen LogP contribution in [-0.4, -0.2) is 24.8 Å². The van der Waals surface area contributed by atoms with Gasteiger partial charge >= 0.3 is 0 Å². The lowest BCUT2D eigenvalue weighted by molar-refractivity contribution is 0.262. The first-order valence-corrected chi connectivity index (χ1v) is 4.83. The summed E-state index contributed by atoms with van der Waals surface area (Å²) >= 11 is 0. The van der Waals surface area contributed by atoms with E-state index in [2.05, 4.69) is 6.92 Å². The smallest absolute Gasteiger partial charge is 0.0946 e. The van der Waals surface area contributed by atoms with Crippen LogP contribution in [0.15, 0.2) is 0 Å². The number of epoxide rings is 1. The van der Waals surface area contributed by atoms with E-state index >= 15 is 0 Å². The molecule has 1 fully saturated rings. The third-order valence-electron chi connectivity index (χ3n) is 2.70. The molecule has 0 spiro atoms. The Morgan fingerprint density at radius 3 is 1.83 bits per heavy atom. The van der Waals surface area contributed by atoms with Crippen molar-refractivity contribution in [3.8, 4) is 0 Å². The Bertz CT molecular complexity index is 130. The zero-order chi connectivity index (χ0) is 9.03. The van der Waals surface area contributed by atoms with Crippen molar-refractivity contribution in [1.29, 1.82) is 0 Å². The van der Waals surface area contributed by atoms with E-state index in [1.807, 2.05) is 0 Å². The second-order valence-electron chi connectivity index (χ2n) is 3.61. The average Bonchev–Trinajstić information content (AvgIpc) is 2.71. The molecular formula is C9H20N2O. The van der Waals surface area contributed by atoms with E-state index < -0.39 is 0 Å². The lowest BCUT2D eigenvalue weighted by Gasteiger charge is -2.10. The minimum atomic E-state index is 0.152. The molecule has 1 aliphatic rings. The van der Waals surface area contributed by atoms with E-state index in [0.717, 1.165) is 38.8 Å². The third kappa shape index (κ3) is 2.19. The molecule has 0 bridgehead atoms. The third-order valence-corrected chi connectivity index (χ3v) is 2.70. The topological polar surface area (TPSA) is 64.6 Å². The van der Waals surface area contributed by atoms with Crippen molar-refractivity contribution in [3.05, 3.63) is 0 Å². The number of rotatable bonds is 6. The minimum absolute atomic E-state index is 0.152. The van der Waals surface area contributed by atoms with E-state index in [1.54, 1.807) is 0 Å². The number of nitrogens with two attached hydrogens (primary N) is 2. The molecule has 3 nitrogen and oxygen atoms in total. The molecule has 0 aromatic carbocycles. The van der Waals surface area contributed by atoms with Gasteiger partial charge in [0.2, 0.25) is 0 Å². The molecular weight excluding hydrogens is 152 g/mol. The molecule has 0 aliphatic carbocycles. The maximum Gasteiger partial charge on any atom is 0.0946 e. The number of hydrogen-bond donors (Lipinski definition) is 2. The second kappa shape index (κ2) is 4.21. The summed E-state index contributed by atoms with van der Waals surface area (Å²) < 4.78 is 5.60. The summed E-state index contributed by atoms with van der Waals surface area (Å²) in [6, 6.07) is 0. The number of hydrogen-bond acceptors (Lipinski definition) is 3. The molecule has 1 atom stereocenters. The predicted molar refractivity (Wildman–Crippen MR) is 49.9 cm³/mol. The predicted octanol–water partition coefficient (Wildman–Crippen LogP) is 0.622. The van der Waals surface area contributed by atoms with E-state index in [1.165, 1.54) is 0 Å². The summed E-state index contributed by atoms with van der Waals surface area (Å²) in [5.41, 5.74) is 11.1. The van der Waals surface area contributed by atoms with Gasteiger partial charge in [0.25, 0.3) is 0 Å². The molecule has 12 heavy (non-hydrogen) atoms. The van der Waals surface area contributed by atoms with Crippen LogP contribution in [0.1, 0.15) is 32.6 Å². The van der Waals surface area contributed by atoms with Gasteiger partial charge in [0.1, 0.15) is 0 Å². The monoisotopic (exact) mass is 172 g/mol. The SMILES string of the molecule is CC1OC1(CCCN)CCCN. The second-order valence-corrected chi connectivity index (χ2v) is 3.61. The van der Waals surface area contributed by atoms with Crippen molar-refractivity contribution in [3.63, 3.8) is 0 Å². The molecule has 1 aliphatic heterocycles. The zero-order valence-corrected chi connectivity index (χ0v) is 7.88. The largest absolute Gasteiger partial charge is 0.366 e. The summed E-state index contributed by atoms with van der Waals surface area (Å²) in [6.45, 7) is 3.66. The normalized spacial score (nSPS) is 25.8. The molecule has 0 amide bonds. The summed E-state index contributed by atoms with van der Waals surface area (Å²) in [4.78, 5) is 0. The first-order valence-electron chi connectivity index (χ1n) is 4.83. The molecule has 0 aromatic rings. The lowest BCUT2D eigenvalue weighted by atomic mass is 9.94. The van der Waals surface area contributed by atoms with Crippen LogP contribution in [0.4, 0.5) is 0 Å². The Kier molecular flexibility index (Phi) is 3.50. The van der Waals surface area contributed by atoms with Crippen molar-refractivity contribution >= 4 is 0 Å². The highest BCUT2D eigenvalue weighted by atomic mass is 16.6. The highest BCUT2D eigenvalue weighted by Gasteiger charge is 2.51. The van der Waals surface area contributed by atoms with Gasteiger partial charge in [-0.3, -0.25) is 0 Å². The molecule has 0 radical (unpaired) electrons. The van der Waals surface area contributed by atoms with Gasteiger partial charge in [-0.25, -0.2) is 0 Å².